The average Bonchev–Trinajstić information content (AvgIpc) is 2.87. The van der Waals surface area contributed by atoms with Crippen LogP contribution in [0.5, 0.6) is 0 Å². The molecule has 4 aliphatic carbocycles. The molecule has 2 bridgehead atoms. The molecule has 1 spiro atoms. The van der Waals surface area contributed by atoms with Crippen molar-refractivity contribution in [3.05, 3.63) is 0 Å². The number of hydrogen-bond donors (Lipinski definition) is 5. The van der Waals surface area contributed by atoms with E-state index in [1.165, 1.54) is 0 Å². The molecule has 0 radical (unpaired) electrons. The number of ether oxygens (including phenoxy) is 1. The first kappa shape index (κ1) is 22.5. The molecule has 4 rings (SSSR count). The normalized spacial score (nSPS) is 56.7. The number of aliphatic hydroxyl groups is 5. The van der Waals surface area contributed by atoms with Crippen LogP contribution in [0.15, 0.2) is 0 Å². The summed E-state index contributed by atoms with van der Waals surface area (Å²) in [5.41, 5.74) is -6.09. The van der Waals surface area contributed by atoms with Crippen LogP contribution < -0.4 is 0 Å². The summed E-state index contributed by atoms with van der Waals surface area (Å²) in [5, 5.41) is 57.2. The summed E-state index contributed by atoms with van der Waals surface area (Å²) in [5.74, 6) is -1.77. The highest BCUT2D eigenvalue weighted by Gasteiger charge is 2.77. The van der Waals surface area contributed by atoms with Crippen LogP contribution >= 0.6 is 0 Å². The van der Waals surface area contributed by atoms with Crippen molar-refractivity contribution in [3.63, 3.8) is 0 Å². The van der Waals surface area contributed by atoms with Crippen LogP contribution in [0.4, 0.5) is 0 Å². The Morgan fingerprint density at radius 3 is 2.23 bits per heavy atom. The Morgan fingerprint density at radius 1 is 1.00 bits per heavy atom. The highest BCUT2D eigenvalue weighted by atomic mass is 16.5. The second kappa shape index (κ2) is 6.41. The summed E-state index contributed by atoms with van der Waals surface area (Å²) in [6, 6.07) is 0. The smallest absolute Gasteiger partial charge is 0.305 e. The Hall–Kier alpha value is -0.730. The molecule has 4 saturated carbocycles. The quantitative estimate of drug-likeness (QED) is 0.419. The van der Waals surface area contributed by atoms with Gasteiger partial charge < -0.3 is 30.3 Å². The fourth-order valence-corrected chi connectivity index (χ4v) is 8.19. The molecule has 7 nitrogen and oxygen atoms in total. The van der Waals surface area contributed by atoms with Gasteiger partial charge in [0.25, 0.3) is 0 Å². The minimum atomic E-state index is -1.70. The molecule has 0 aromatic heterocycles. The zero-order chi connectivity index (χ0) is 22.5. The number of hydrogen-bond acceptors (Lipinski definition) is 7. The number of aliphatic hydroxyl groups excluding tert-OH is 2. The van der Waals surface area contributed by atoms with E-state index in [-0.39, 0.29) is 43.5 Å². The van der Waals surface area contributed by atoms with E-state index in [2.05, 4.69) is 0 Å². The summed E-state index contributed by atoms with van der Waals surface area (Å²) in [6.07, 6.45) is -0.762. The van der Waals surface area contributed by atoms with Gasteiger partial charge in [0, 0.05) is 29.1 Å². The van der Waals surface area contributed by atoms with E-state index < -0.39 is 51.9 Å². The molecule has 7 heteroatoms. The summed E-state index contributed by atoms with van der Waals surface area (Å²) in [7, 11) is 0. The van der Waals surface area contributed by atoms with Crippen molar-refractivity contribution in [2.45, 2.75) is 108 Å². The third-order valence-electron chi connectivity index (χ3n) is 9.77. The molecule has 4 fully saturated rings. The van der Waals surface area contributed by atoms with Crippen LogP contribution in [0.2, 0.25) is 0 Å². The van der Waals surface area contributed by atoms with Crippen LogP contribution in [0.3, 0.4) is 0 Å². The van der Waals surface area contributed by atoms with Crippen LogP contribution in [0.25, 0.3) is 0 Å². The summed E-state index contributed by atoms with van der Waals surface area (Å²) < 4.78 is 5.90. The molecule has 0 saturated heterocycles. The van der Waals surface area contributed by atoms with Crippen LogP contribution in [-0.2, 0) is 9.53 Å². The van der Waals surface area contributed by atoms with E-state index in [0.717, 1.165) is 0 Å². The number of rotatable bonds is 2. The molecular weight excluding hydrogens is 388 g/mol. The van der Waals surface area contributed by atoms with Crippen molar-refractivity contribution >= 4 is 5.97 Å². The summed E-state index contributed by atoms with van der Waals surface area (Å²) >= 11 is 0. The van der Waals surface area contributed by atoms with E-state index in [0.29, 0.717) is 12.8 Å². The molecule has 0 unspecified atom stereocenters. The van der Waals surface area contributed by atoms with Gasteiger partial charge in [-0.25, -0.2) is 0 Å². The Bertz CT molecular complexity index is 731. The van der Waals surface area contributed by atoms with E-state index in [1.54, 1.807) is 34.6 Å². The number of carbonyl (C=O) groups is 1. The zero-order valence-electron chi connectivity index (χ0n) is 18.8. The van der Waals surface area contributed by atoms with Crippen molar-refractivity contribution in [2.75, 3.05) is 0 Å². The molecule has 0 amide bonds. The van der Waals surface area contributed by atoms with Gasteiger partial charge in [0.1, 0.15) is 11.7 Å². The van der Waals surface area contributed by atoms with Gasteiger partial charge in [-0.15, -0.1) is 0 Å². The van der Waals surface area contributed by atoms with Gasteiger partial charge in [-0.3, -0.25) is 4.79 Å². The Balaban J connectivity index is 1.88. The van der Waals surface area contributed by atoms with Crippen LogP contribution in [-0.4, -0.2) is 66.6 Å². The van der Waals surface area contributed by atoms with Crippen molar-refractivity contribution in [1.82, 2.24) is 0 Å². The highest BCUT2D eigenvalue weighted by molar-refractivity contribution is 5.69. The first-order valence-electron chi connectivity index (χ1n) is 11.4. The topological polar surface area (TPSA) is 127 Å². The first-order valence-corrected chi connectivity index (χ1v) is 11.4. The van der Waals surface area contributed by atoms with Crippen molar-refractivity contribution in [2.24, 2.45) is 28.6 Å². The lowest BCUT2D eigenvalue weighted by Crippen LogP contribution is -2.60. The van der Waals surface area contributed by atoms with E-state index in [9.17, 15) is 30.3 Å². The molecule has 172 valence electrons. The van der Waals surface area contributed by atoms with Gasteiger partial charge in [0.15, 0.2) is 0 Å². The zero-order valence-corrected chi connectivity index (χ0v) is 18.8. The Labute approximate surface area is 178 Å². The van der Waals surface area contributed by atoms with E-state index in [1.807, 2.05) is 0 Å². The minimum absolute atomic E-state index is 0.102. The molecule has 0 aromatic rings. The lowest BCUT2D eigenvalue weighted by molar-refractivity contribution is -0.202. The first-order chi connectivity index (χ1) is 13.7. The minimum Gasteiger partial charge on any atom is -0.461 e. The van der Waals surface area contributed by atoms with Gasteiger partial charge in [-0.05, 0) is 51.9 Å². The van der Waals surface area contributed by atoms with Crippen molar-refractivity contribution in [1.29, 1.82) is 0 Å². The molecular formula is C23H38O7. The molecule has 5 N–H and O–H groups in total. The molecule has 30 heavy (non-hydrogen) atoms. The Kier molecular flexibility index (Phi) is 4.80. The SMILES string of the molecule is CCC(=O)O[C@@H]1[C@@H]2CC[C@H]3[C@@](C)(O)[C@@H]4C[C@H](O)C(C)(C)[C@@]4(O)[C@H](O)C[C@]13C[C@@]2(C)O. The van der Waals surface area contributed by atoms with Gasteiger partial charge in [0.2, 0.25) is 0 Å². The third-order valence-corrected chi connectivity index (χ3v) is 9.77. The van der Waals surface area contributed by atoms with E-state index >= 15 is 0 Å². The maximum Gasteiger partial charge on any atom is 0.305 e. The predicted octanol–water partition coefficient (Wildman–Crippen LogP) is 1.13. The predicted molar refractivity (Wildman–Crippen MR) is 108 cm³/mol. The molecule has 0 heterocycles. The lowest BCUT2D eigenvalue weighted by Gasteiger charge is -2.52. The standard InChI is InChI=1S/C23H38O7/c1-6-17(26)30-18-12-7-8-13-21(5,28)14-9-15(24)19(2,3)23(14,29)16(25)10-22(13,18)11-20(12,4)27/h12-16,18,24-25,27-29H,6-11H2,1-5H3/t12-,13-,14-,15-,16+,18+,20+,21+,22+,23-/m0/s1. The average molecular weight is 427 g/mol. The van der Waals surface area contributed by atoms with Gasteiger partial charge >= 0.3 is 5.97 Å². The van der Waals surface area contributed by atoms with Crippen molar-refractivity contribution < 1.29 is 35.1 Å². The van der Waals surface area contributed by atoms with Gasteiger partial charge in [-0.1, -0.05) is 20.8 Å². The third kappa shape index (κ3) is 2.53. The molecule has 0 aliphatic heterocycles. The maximum absolute atomic E-state index is 12.3. The van der Waals surface area contributed by atoms with Crippen LogP contribution in [0, 0.1) is 28.6 Å². The van der Waals surface area contributed by atoms with E-state index in [4.69, 9.17) is 4.74 Å². The number of fused-ring (bicyclic) bond motifs is 2. The molecule has 0 aromatic carbocycles. The highest BCUT2D eigenvalue weighted by Crippen LogP contribution is 2.70. The maximum atomic E-state index is 12.3. The molecule has 10 atom stereocenters. The Morgan fingerprint density at radius 2 is 1.63 bits per heavy atom. The summed E-state index contributed by atoms with van der Waals surface area (Å²) in [6.45, 7) is 8.61. The van der Waals surface area contributed by atoms with Crippen molar-refractivity contribution in [3.8, 4) is 0 Å². The fourth-order valence-electron chi connectivity index (χ4n) is 8.19. The second-order valence-corrected chi connectivity index (χ2v) is 11.6. The van der Waals surface area contributed by atoms with Crippen LogP contribution in [0.1, 0.15) is 73.1 Å². The lowest BCUT2D eigenvalue weighted by atomic mass is 9.57. The number of esters is 1. The number of carbonyl (C=O) groups excluding carboxylic acids is 1. The van der Waals surface area contributed by atoms with Gasteiger partial charge in [-0.2, -0.15) is 0 Å². The fraction of sp³-hybridized carbons (Fsp3) is 0.957. The second-order valence-electron chi connectivity index (χ2n) is 11.6. The molecule has 4 aliphatic rings. The monoisotopic (exact) mass is 426 g/mol. The largest absolute Gasteiger partial charge is 0.461 e. The summed E-state index contributed by atoms with van der Waals surface area (Å²) in [4.78, 5) is 12.3. The van der Waals surface area contributed by atoms with Gasteiger partial charge in [0.05, 0.1) is 23.4 Å².